The Morgan fingerprint density at radius 2 is 2.00 bits per heavy atom. The molecule has 1 aromatic carbocycles. The summed E-state index contributed by atoms with van der Waals surface area (Å²) in [4.78, 5) is 22.8. The first-order valence-corrected chi connectivity index (χ1v) is 5.14. The van der Waals surface area contributed by atoms with E-state index in [9.17, 15) is 14.7 Å². The summed E-state index contributed by atoms with van der Waals surface area (Å²) in [5.74, 6) is -1.89. The third-order valence-corrected chi connectivity index (χ3v) is 2.21. The maximum atomic E-state index is 11.6. The first-order valence-electron chi connectivity index (χ1n) is 5.14. The van der Waals surface area contributed by atoms with Crippen LogP contribution < -0.4 is 0 Å². The number of ketones is 1. The first-order chi connectivity index (χ1) is 7.61. The molecule has 0 heterocycles. The number of carbonyl (C=O) groups is 2. The van der Waals surface area contributed by atoms with Gasteiger partial charge >= 0.3 is 5.97 Å². The highest BCUT2D eigenvalue weighted by Crippen LogP contribution is 2.23. The van der Waals surface area contributed by atoms with Crippen molar-refractivity contribution in [2.24, 2.45) is 0 Å². The summed E-state index contributed by atoms with van der Waals surface area (Å²) in [7, 11) is 0. The molecule has 16 heavy (non-hydrogen) atoms. The van der Waals surface area contributed by atoms with Crippen LogP contribution in [0.5, 0.6) is 5.75 Å². The van der Waals surface area contributed by atoms with Crippen LogP contribution in [-0.4, -0.2) is 23.5 Å². The second-order valence-electron chi connectivity index (χ2n) is 3.22. The lowest BCUT2D eigenvalue weighted by Crippen LogP contribution is -2.17. The van der Waals surface area contributed by atoms with Gasteiger partial charge in [-0.25, -0.2) is 4.79 Å². The molecule has 4 nitrogen and oxygen atoms in total. The normalized spacial score (nSPS) is 9.88. The molecule has 0 radical (unpaired) electrons. The molecule has 0 atom stereocenters. The van der Waals surface area contributed by atoms with Gasteiger partial charge in [-0.1, -0.05) is 19.1 Å². The van der Waals surface area contributed by atoms with Gasteiger partial charge in [-0.15, -0.1) is 0 Å². The van der Waals surface area contributed by atoms with Crippen molar-refractivity contribution in [1.29, 1.82) is 0 Å². The number of aryl methyl sites for hydroxylation is 1. The predicted octanol–water partition coefficient (Wildman–Crippen LogP) is 1.70. The lowest BCUT2D eigenvalue weighted by molar-refractivity contribution is -0.137. The minimum Gasteiger partial charge on any atom is -0.507 e. The largest absolute Gasteiger partial charge is 0.507 e. The average molecular weight is 222 g/mol. The Morgan fingerprint density at radius 3 is 2.56 bits per heavy atom. The van der Waals surface area contributed by atoms with E-state index in [0.29, 0.717) is 12.0 Å². The summed E-state index contributed by atoms with van der Waals surface area (Å²) in [6, 6.07) is 4.75. The van der Waals surface area contributed by atoms with Gasteiger partial charge in [-0.3, -0.25) is 4.79 Å². The van der Waals surface area contributed by atoms with Crippen molar-refractivity contribution < 1.29 is 19.4 Å². The van der Waals surface area contributed by atoms with Crippen LogP contribution in [0.2, 0.25) is 0 Å². The third-order valence-electron chi connectivity index (χ3n) is 2.21. The third kappa shape index (κ3) is 2.39. The van der Waals surface area contributed by atoms with Crippen LogP contribution in [0.4, 0.5) is 0 Å². The van der Waals surface area contributed by atoms with Crippen molar-refractivity contribution in [1.82, 2.24) is 0 Å². The maximum absolute atomic E-state index is 11.6. The van der Waals surface area contributed by atoms with Gasteiger partial charge in [0.2, 0.25) is 0 Å². The van der Waals surface area contributed by atoms with E-state index in [0.717, 1.165) is 0 Å². The molecular weight excluding hydrogens is 208 g/mol. The van der Waals surface area contributed by atoms with Crippen molar-refractivity contribution in [2.75, 3.05) is 6.61 Å². The van der Waals surface area contributed by atoms with E-state index in [2.05, 4.69) is 4.74 Å². The number of hydrogen-bond donors (Lipinski definition) is 1. The van der Waals surface area contributed by atoms with Gasteiger partial charge in [0, 0.05) is 0 Å². The molecule has 1 N–H and O–H groups in total. The van der Waals surface area contributed by atoms with E-state index in [1.54, 1.807) is 19.1 Å². The van der Waals surface area contributed by atoms with E-state index in [4.69, 9.17) is 0 Å². The number of aromatic hydroxyl groups is 1. The molecule has 0 bridgehead atoms. The van der Waals surface area contributed by atoms with Crippen LogP contribution in [0.25, 0.3) is 0 Å². The molecule has 0 saturated heterocycles. The van der Waals surface area contributed by atoms with Crippen molar-refractivity contribution in [2.45, 2.75) is 20.3 Å². The second kappa shape index (κ2) is 5.30. The fourth-order valence-electron chi connectivity index (χ4n) is 1.37. The van der Waals surface area contributed by atoms with Gasteiger partial charge in [-0.05, 0) is 25.0 Å². The smallest absolute Gasteiger partial charge is 0.379 e. The van der Waals surface area contributed by atoms with Crippen LogP contribution in [-0.2, 0) is 16.0 Å². The molecule has 0 aliphatic heterocycles. The SMILES string of the molecule is CCOC(=O)C(=O)c1cccc(CC)c1O. The van der Waals surface area contributed by atoms with Crippen LogP contribution in [0.3, 0.4) is 0 Å². The van der Waals surface area contributed by atoms with Crippen molar-refractivity contribution in [3.8, 4) is 5.75 Å². The molecule has 0 unspecified atom stereocenters. The maximum Gasteiger partial charge on any atom is 0.379 e. The zero-order chi connectivity index (χ0) is 12.1. The number of Topliss-reactive ketones (excluding diaryl/α,β-unsaturated/α-hetero) is 1. The highest BCUT2D eigenvalue weighted by molar-refractivity contribution is 6.41. The monoisotopic (exact) mass is 222 g/mol. The van der Waals surface area contributed by atoms with Crippen LogP contribution in [0.15, 0.2) is 18.2 Å². The Bertz CT molecular complexity index is 409. The topological polar surface area (TPSA) is 63.6 Å². The molecular formula is C12H14O4. The van der Waals surface area contributed by atoms with Gasteiger partial charge in [0.05, 0.1) is 12.2 Å². The van der Waals surface area contributed by atoms with E-state index in [1.807, 2.05) is 6.92 Å². The number of phenolic OH excluding ortho intramolecular Hbond substituents is 1. The zero-order valence-electron chi connectivity index (χ0n) is 9.32. The summed E-state index contributed by atoms with van der Waals surface area (Å²) in [5, 5.41) is 9.75. The minimum absolute atomic E-state index is 0.00204. The highest BCUT2D eigenvalue weighted by atomic mass is 16.5. The first kappa shape index (κ1) is 12.2. The Labute approximate surface area is 93.9 Å². The Kier molecular flexibility index (Phi) is 4.05. The molecule has 0 aromatic heterocycles. The number of ether oxygens (including phenoxy) is 1. The molecule has 0 fully saturated rings. The number of carbonyl (C=O) groups excluding carboxylic acids is 2. The van der Waals surface area contributed by atoms with Crippen molar-refractivity contribution >= 4 is 11.8 Å². The molecule has 0 saturated carbocycles. The average Bonchev–Trinajstić information content (AvgIpc) is 2.29. The number of para-hydroxylation sites is 1. The highest BCUT2D eigenvalue weighted by Gasteiger charge is 2.21. The summed E-state index contributed by atoms with van der Waals surface area (Å²) < 4.78 is 4.59. The molecule has 0 amide bonds. The van der Waals surface area contributed by atoms with Gasteiger partial charge in [0.1, 0.15) is 5.75 Å². The lowest BCUT2D eigenvalue weighted by atomic mass is 10.0. The number of benzene rings is 1. The van der Waals surface area contributed by atoms with E-state index >= 15 is 0 Å². The Balaban J connectivity index is 3.04. The number of rotatable bonds is 4. The molecule has 4 heteroatoms. The minimum atomic E-state index is -0.939. The molecule has 1 rings (SSSR count). The summed E-state index contributed by atoms with van der Waals surface area (Å²) in [6.45, 7) is 3.61. The lowest BCUT2D eigenvalue weighted by Gasteiger charge is -2.06. The van der Waals surface area contributed by atoms with Gasteiger partial charge in [0.25, 0.3) is 5.78 Å². The molecule has 1 aromatic rings. The Hall–Kier alpha value is -1.84. The summed E-state index contributed by atoms with van der Waals surface area (Å²) in [6.07, 6.45) is 0.593. The van der Waals surface area contributed by atoms with E-state index in [-0.39, 0.29) is 17.9 Å². The van der Waals surface area contributed by atoms with Gasteiger partial charge < -0.3 is 9.84 Å². The van der Waals surface area contributed by atoms with E-state index < -0.39 is 11.8 Å². The number of esters is 1. The Morgan fingerprint density at radius 1 is 1.31 bits per heavy atom. The molecule has 0 aliphatic rings. The van der Waals surface area contributed by atoms with Crippen LogP contribution >= 0.6 is 0 Å². The van der Waals surface area contributed by atoms with Crippen molar-refractivity contribution in [3.63, 3.8) is 0 Å². The standard InChI is InChI=1S/C12H14O4/c1-3-8-6-5-7-9(10(8)13)11(14)12(15)16-4-2/h5-7,13H,3-4H2,1-2H3. The number of phenols is 1. The molecule has 0 spiro atoms. The van der Waals surface area contributed by atoms with Gasteiger partial charge in [0.15, 0.2) is 0 Å². The van der Waals surface area contributed by atoms with Crippen molar-refractivity contribution in [3.05, 3.63) is 29.3 Å². The van der Waals surface area contributed by atoms with Crippen LogP contribution in [0, 0.1) is 0 Å². The quantitative estimate of drug-likeness (QED) is 0.478. The summed E-state index contributed by atoms with van der Waals surface area (Å²) in [5.41, 5.74) is 0.632. The second-order valence-corrected chi connectivity index (χ2v) is 3.22. The number of hydrogen-bond acceptors (Lipinski definition) is 4. The molecule has 86 valence electrons. The van der Waals surface area contributed by atoms with Crippen LogP contribution in [0.1, 0.15) is 29.8 Å². The fraction of sp³-hybridized carbons (Fsp3) is 0.333. The summed E-state index contributed by atoms with van der Waals surface area (Å²) >= 11 is 0. The van der Waals surface area contributed by atoms with Gasteiger partial charge in [-0.2, -0.15) is 0 Å². The van der Waals surface area contributed by atoms with E-state index in [1.165, 1.54) is 6.07 Å². The fourth-order valence-corrected chi connectivity index (χ4v) is 1.37. The molecule has 0 aliphatic carbocycles. The zero-order valence-corrected chi connectivity index (χ0v) is 9.32. The predicted molar refractivity (Wildman–Crippen MR) is 58.4 cm³/mol.